The quantitative estimate of drug-likeness (QED) is 0.527. The lowest BCUT2D eigenvalue weighted by Gasteiger charge is -2.45. The highest BCUT2D eigenvalue weighted by atomic mass is 28.4. The minimum Gasteiger partial charge on any atom is -0.402 e. The van der Waals surface area contributed by atoms with E-state index >= 15 is 0 Å². The molecule has 0 aliphatic carbocycles. The number of hydrogen-bond acceptors (Lipinski definition) is 5. The van der Waals surface area contributed by atoms with Gasteiger partial charge in [-0.2, -0.15) is 0 Å². The SMILES string of the molecule is Cc1cn(C2CC(O[Si](c3ccccc3)(c3ccccc3)C(C)(C)C)C(CO)O2)c(=O)[nH]c1=O. The van der Waals surface area contributed by atoms with E-state index < -0.39 is 38.0 Å². The van der Waals surface area contributed by atoms with Gasteiger partial charge >= 0.3 is 5.69 Å². The molecule has 0 saturated carbocycles. The zero-order chi connectivity index (χ0) is 24.5. The summed E-state index contributed by atoms with van der Waals surface area (Å²) in [7, 11) is -2.87. The minimum absolute atomic E-state index is 0.237. The van der Waals surface area contributed by atoms with Crippen LogP contribution in [0.2, 0.25) is 5.04 Å². The molecule has 2 aromatic carbocycles. The highest BCUT2D eigenvalue weighted by Gasteiger charge is 2.53. The number of nitrogens with zero attached hydrogens (tertiary/aromatic N) is 1. The second-order valence-electron chi connectivity index (χ2n) is 9.85. The molecule has 7 nitrogen and oxygen atoms in total. The molecule has 8 heteroatoms. The fourth-order valence-electron chi connectivity index (χ4n) is 4.88. The van der Waals surface area contributed by atoms with Gasteiger partial charge < -0.3 is 14.3 Å². The van der Waals surface area contributed by atoms with Gasteiger partial charge in [0.15, 0.2) is 0 Å². The van der Waals surface area contributed by atoms with Gasteiger partial charge in [0.25, 0.3) is 13.9 Å². The Labute approximate surface area is 200 Å². The Bertz CT molecular complexity index is 1190. The van der Waals surface area contributed by atoms with Crippen molar-refractivity contribution in [3.63, 3.8) is 0 Å². The summed E-state index contributed by atoms with van der Waals surface area (Å²) < 4.78 is 14.6. The molecular formula is C26H32N2O5Si. The van der Waals surface area contributed by atoms with Crippen molar-refractivity contribution in [1.29, 1.82) is 0 Å². The van der Waals surface area contributed by atoms with Crippen molar-refractivity contribution in [3.05, 3.63) is 93.3 Å². The van der Waals surface area contributed by atoms with E-state index in [1.807, 2.05) is 36.4 Å². The van der Waals surface area contributed by atoms with Gasteiger partial charge in [-0.05, 0) is 22.3 Å². The van der Waals surface area contributed by atoms with E-state index in [0.717, 1.165) is 10.4 Å². The van der Waals surface area contributed by atoms with E-state index in [2.05, 4.69) is 50.0 Å². The van der Waals surface area contributed by atoms with Gasteiger partial charge in [0.2, 0.25) is 0 Å². The van der Waals surface area contributed by atoms with Crippen molar-refractivity contribution in [2.24, 2.45) is 0 Å². The van der Waals surface area contributed by atoms with E-state index in [9.17, 15) is 14.7 Å². The van der Waals surface area contributed by atoms with E-state index in [1.54, 1.807) is 6.92 Å². The van der Waals surface area contributed by atoms with E-state index in [-0.39, 0.29) is 11.6 Å². The van der Waals surface area contributed by atoms with Gasteiger partial charge in [-0.1, -0.05) is 81.4 Å². The summed E-state index contributed by atoms with van der Waals surface area (Å²) in [6, 6.07) is 20.5. The summed E-state index contributed by atoms with van der Waals surface area (Å²) >= 11 is 0. The molecule has 1 aliphatic heterocycles. The molecule has 3 aromatic rings. The Hall–Kier alpha value is -2.78. The summed E-state index contributed by atoms with van der Waals surface area (Å²) in [6.45, 7) is 7.98. The first-order chi connectivity index (χ1) is 16.2. The summed E-state index contributed by atoms with van der Waals surface area (Å²) in [5.74, 6) is 0. The van der Waals surface area contributed by atoms with Gasteiger partial charge in [-0.25, -0.2) is 4.79 Å². The van der Waals surface area contributed by atoms with Crippen LogP contribution in [-0.2, 0) is 9.16 Å². The van der Waals surface area contributed by atoms with Crippen LogP contribution in [0.25, 0.3) is 0 Å². The summed E-state index contributed by atoms with van der Waals surface area (Å²) in [4.78, 5) is 26.7. The van der Waals surface area contributed by atoms with Crippen molar-refractivity contribution >= 4 is 18.7 Å². The van der Waals surface area contributed by atoms with Crippen molar-refractivity contribution in [2.45, 2.75) is 57.6 Å². The lowest BCUT2D eigenvalue weighted by atomic mass is 10.2. The fraction of sp³-hybridized carbons (Fsp3) is 0.385. The molecule has 3 unspecified atom stereocenters. The van der Waals surface area contributed by atoms with Crippen LogP contribution in [0.3, 0.4) is 0 Å². The zero-order valence-corrected chi connectivity index (χ0v) is 21.0. The number of H-pyrrole nitrogens is 1. The number of rotatable bonds is 6. The Morgan fingerprint density at radius 2 is 1.62 bits per heavy atom. The maximum absolute atomic E-state index is 12.5. The van der Waals surface area contributed by atoms with Crippen LogP contribution < -0.4 is 21.6 Å². The number of benzene rings is 2. The maximum Gasteiger partial charge on any atom is 0.330 e. The Kier molecular flexibility index (Phi) is 6.77. The molecule has 4 rings (SSSR count). The molecule has 0 radical (unpaired) electrons. The molecule has 1 aliphatic rings. The van der Waals surface area contributed by atoms with Crippen LogP contribution in [0, 0.1) is 6.92 Å². The highest BCUT2D eigenvalue weighted by molar-refractivity contribution is 6.99. The first kappa shape index (κ1) is 24.3. The first-order valence-electron chi connectivity index (χ1n) is 11.5. The molecule has 34 heavy (non-hydrogen) atoms. The zero-order valence-electron chi connectivity index (χ0n) is 20.0. The van der Waals surface area contributed by atoms with Crippen LogP contribution in [0.4, 0.5) is 0 Å². The van der Waals surface area contributed by atoms with Crippen LogP contribution in [0.5, 0.6) is 0 Å². The van der Waals surface area contributed by atoms with Crippen LogP contribution in [0.1, 0.15) is 39.0 Å². The average Bonchev–Trinajstić information content (AvgIpc) is 3.22. The molecular weight excluding hydrogens is 448 g/mol. The number of aromatic amines is 1. The summed E-state index contributed by atoms with van der Waals surface area (Å²) in [5.41, 5.74) is -0.540. The number of aliphatic hydroxyl groups excluding tert-OH is 1. The smallest absolute Gasteiger partial charge is 0.330 e. The van der Waals surface area contributed by atoms with Gasteiger partial charge in [0, 0.05) is 18.2 Å². The number of aromatic nitrogens is 2. The van der Waals surface area contributed by atoms with Gasteiger partial charge in [-0.3, -0.25) is 14.3 Å². The van der Waals surface area contributed by atoms with Crippen LogP contribution in [-0.4, -0.2) is 41.8 Å². The third-order valence-corrected chi connectivity index (χ3v) is 11.6. The normalized spacial score (nSPS) is 21.0. The van der Waals surface area contributed by atoms with E-state index in [1.165, 1.54) is 10.8 Å². The highest BCUT2D eigenvalue weighted by Crippen LogP contribution is 2.41. The summed E-state index contributed by atoms with van der Waals surface area (Å²) in [6.07, 6.45) is 0.182. The van der Waals surface area contributed by atoms with Gasteiger partial charge in [0.05, 0.1) is 12.7 Å². The number of ether oxygens (including phenoxy) is 1. The Balaban J connectivity index is 1.79. The molecule has 1 aromatic heterocycles. The second kappa shape index (κ2) is 9.46. The van der Waals surface area contributed by atoms with Crippen molar-refractivity contribution in [3.8, 4) is 0 Å². The van der Waals surface area contributed by atoms with Gasteiger partial charge in [0.1, 0.15) is 12.3 Å². The first-order valence-corrected chi connectivity index (χ1v) is 13.5. The molecule has 180 valence electrons. The molecule has 1 saturated heterocycles. The minimum atomic E-state index is -2.87. The van der Waals surface area contributed by atoms with Crippen molar-refractivity contribution in [2.75, 3.05) is 6.61 Å². The van der Waals surface area contributed by atoms with E-state index in [4.69, 9.17) is 9.16 Å². The molecule has 1 fully saturated rings. The van der Waals surface area contributed by atoms with Crippen LogP contribution >= 0.6 is 0 Å². The number of hydrogen-bond donors (Lipinski definition) is 2. The predicted molar refractivity (Wildman–Crippen MR) is 134 cm³/mol. The molecule has 0 spiro atoms. The standard InChI is InChI=1S/C26H32N2O5Si/c1-18-16-28(25(31)27-24(18)30)23-15-21(22(17-29)32-23)33-34(26(2,3)4,19-11-7-5-8-12-19)20-13-9-6-10-14-20/h5-14,16,21-23,29H,15,17H2,1-4H3,(H,27,30,31). The molecule has 0 amide bonds. The van der Waals surface area contributed by atoms with Crippen molar-refractivity contribution < 1.29 is 14.3 Å². The third-order valence-electron chi connectivity index (χ3n) is 6.56. The monoisotopic (exact) mass is 480 g/mol. The summed E-state index contributed by atoms with van der Waals surface area (Å²) in [5, 5.41) is 12.2. The van der Waals surface area contributed by atoms with Crippen LogP contribution in [0.15, 0.2) is 76.4 Å². The number of aryl methyl sites for hydroxylation is 1. The lowest BCUT2D eigenvalue weighted by Crippen LogP contribution is -2.68. The van der Waals surface area contributed by atoms with E-state index in [0.29, 0.717) is 12.0 Å². The molecule has 0 bridgehead atoms. The predicted octanol–water partition coefficient (Wildman–Crippen LogP) is 2.07. The Morgan fingerprint density at radius 1 is 1.06 bits per heavy atom. The number of aliphatic hydroxyl groups is 1. The largest absolute Gasteiger partial charge is 0.402 e. The fourth-order valence-corrected chi connectivity index (χ4v) is 9.59. The van der Waals surface area contributed by atoms with Crippen molar-refractivity contribution in [1.82, 2.24) is 9.55 Å². The third kappa shape index (κ3) is 4.34. The molecule has 2 N–H and O–H groups in total. The van der Waals surface area contributed by atoms with Gasteiger partial charge in [-0.15, -0.1) is 0 Å². The topological polar surface area (TPSA) is 93.6 Å². The lowest BCUT2D eigenvalue weighted by molar-refractivity contribution is -0.0434. The second-order valence-corrected chi connectivity index (χ2v) is 14.1. The average molecular weight is 481 g/mol. The number of nitrogens with one attached hydrogen (secondary N) is 1. The maximum atomic E-state index is 12.5. The Morgan fingerprint density at radius 3 is 2.12 bits per heavy atom. The molecule has 2 heterocycles. The molecule has 3 atom stereocenters.